The van der Waals surface area contributed by atoms with Gasteiger partial charge in [0.25, 0.3) is 0 Å². The Hall–Kier alpha value is -4.99. The molecule has 16 heteroatoms. The fraction of sp³-hybridized carbons (Fsp3) is 0.423. The highest BCUT2D eigenvalue weighted by Gasteiger charge is 2.30. The highest BCUT2D eigenvalue weighted by atomic mass is 16.4. The van der Waals surface area contributed by atoms with E-state index in [1.165, 1.54) is 12.5 Å². The third-order valence-corrected chi connectivity index (χ3v) is 6.09. The van der Waals surface area contributed by atoms with Gasteiger partial charge in [0, 0.05) is 37.7 Å². The lowest BCUT2D eigenvalue weighted by Crippen LogP contribution is -2.57. The van der Waals surface area contributed by atoms with Crippen molar-refractivity contribution < 1.29 is 34.2 Å². The highest BCUT2D eigenvalue weighted by Crippen LogP contribution is 2.08. The molecule has 3 amide bonds. The van der Waals surface area contributed by atoms with E-state index in [0.29, 0.717) is 11.3 Å². The Morgan fingerprint density at radius 1 is 0.881 bits per heavy atom. The number of aliphatic carboxylic acids is 2. The van der Waals surface area contributed by atoms with Crippen molar-refractivity contribution in [2.24, 2.45) is 22.2 Å². The number of rotatable bonds is 18. The molecule has 0 saturated heterocycles. The Labute approximate surface area is 241 Å². The molecule has 0 aliphatic heterocycles. The molecule has 0 radical (unpaired) electrons. The van der Waals surface area contributed by atoms with Gasteiger partial charge in [-0.1, -0.05) is 30.3 Å². The normalized spacial score (nSPS) is 13.5. The average molecular weight is 588 g/mol. The highest BCUT2D eigenvalue weighted by molar-refractivity contribution is 5.94. The van der Waals surface area contributed by atoms with Gasteiger partial charge in [0.05, 0.1) is 12.4 Å². The number of carboxylic acid groups (broad SMARTS) is 2. The molecule has 1 heterocycles. The van der Waals surface area contributed by atoms with E-state index < -0.39 is 60.2 Å². The van der Waals surface area contributed by atoms with Gasteiger partial charge >= 0.3 is 11.9 Å². The van der Waals surface area contributed by atoms with Crippen LogP contribution in [-0.4, -0.2) is 86.5 Å². The molecule has 12 N–H and O–H groups in total. The number of hydrogen-bond acceptors (Lipinski definition) is 8. The zero-order chi connectivity index (χ0) is 31.1. The first-order chi connectivity index (χ1) is 20.0. The number of H-pyrrole nitrogens is 1. The summed E-state index contributed by atoms with van der Waals surface area (Å²) in [7, 11) is 0. The molecular weight excluding hydrogens is 550 g/mol. The number of nitrogens with one attached hydrogen (secondary N) is 4. The first-order valence-corrected chi connectivity index (χ1v) is 13.1. The minimum Gasteiger partial charge on any atom is -0.481 e. The summed E-state index contributed by atoms with van der Waals surface area (Å²) in [6.07, 6.45) is 2.58. The third kappa shape index (κ3) is 12.0. The van der Waals surface area contributed by atoms with E-state index in [1.54, 1.807) is 30.3 Å². The van der Waals surface area contributed by atoms with Crippen molar-refractivity contribution in [2.75, 3.05) is 6.54 Å². The van der Waals surface area contributed by atoms with Gasteiger partial charge in [-0.3, -0.25) is 24.2 Å². The molecule has 1 aromatic carbocycles. The van der Waals surface area contributed by atoms with Crippen LogP contribution >= 0.6 is 0 Å². The second-order valence-electron chi connectivity index (χ2n) is 9.48. The molecule has 2 aromatic rings. The number of carboxylic acids is 2. The predicted octanol–water partition coefficient (Wildman–Crippen LogP) is -2.02. The molecule has 0 aliphatic rings. The van der Waals surface area contributed by atoms with E-state index in [0.717, 1.165) is 0 Å². The van der Waals surface area contributed by atoms with E-state index in [-0.39, 0.29) is 44.6 Å². The lowest BCUT2D eigenvalue weighted by Gasteiger charge is -2.25. The molecule has 0 saturated carbocycles. The first kappa shape index (κ1) is 33.2. The molecule has 0 fully saturated rings. The van der Waals surface area contributed by atoms with Crippen LogP contribution in [0.4, 0.5) is 0 Å². The summed E-state index contributed by atoms with van der Waals surface area (Å²) in [6.45, 7) is 0.167. The maximum Gasteiger partial charge on any atom is 0.326 e. The van der Waals surface area contributed by atoms with E-state index in [4.69, 9.17) is 22.3 Å². The van der Waals surface area contributed by atoms with Gasteiger partial charge in [-0.15, -0.1) is 0 Å². The smallest absolute Gasteiger partial charge is 0.326 e. The number of nitrogens with two attached hydrogens (primary N) is 3. The van der Waals surface area contributed by atoms with Crippen LogP contribution in [0.3, 0.4) is 0 Å². The summed E-state index contributed by atoms with van der Waals surface area (Å²) in [5, 5.41) is 25.9. The van der Waals surface area contributed by atoms with Crippen LogP contribution in [0.5, 0.6) is 0 Å². The van der Waals surface area contributed by atoms with Gasteiger partial charge in [0.1, 0.15) is 18.1 Å². The Morgan fingerprint density at radius 3 is 2.12 bits per heavy atom. The number of carbonyl (C=O) groups is 5. The average Bonchev–Trinajstić information content (AvgIpc) is 3.45. The van der Waals surface area contributed by atoms with Gasteiger partial charge in [-0.05, 0) is 24.8 Å². The SMILES string of the molecule is NC(N)=NCCCC(NC(=O)C(N)Cc1cnc[nH]1)C(=O)NC(Cc1ccccc1)C(=O)NC(CCC(=O)O)C(=O)O. The monoisotopic (exact) mass is 587 g/mol. The van der Waals surface area contributed by atoms with Gasteiger partial charge in [0.2, 0.25) is 17.7 Å². The fourth-order valence-electron chi connectivity index (χ4n) is 3.91. The molecule has 4 atom stereocenters. The fourth-order valence-corrected chi connectivity index (χ4v) is 3.91. The Kier molecular flexibility index (Phi) is 13.4. The lowest BCUT2D eigenvalue weighted by atomic mass is 10.0. The molecule has 0 aliphatic carbocycles. The molecule has 2 rings (SSSR count). The number of hydrogen-bond donors (Lipinski definition) is 9. The van der Waals surface area contributed by atoms with Gasteiger partial charge in [-0.2, -0.15) is 0 Å². The number of nitrogens with zero attached hydrogens (tertiary/aromatic N) is 2. The summed E-state index contributed by atoms with van der Waals surface area (Å²) in [5.41, 5.74) is 18.0. The van der Waals surface area contributed by atoms with Crippen molar-refractivity contribution in [3.63, 3.8) is 0 Å². The number of benzene rings is 1. The van der Waals surface area contributed by atoms with E-state index in [1.807, 2.05) is 0 Å². The van der Waals surface area contributed by atoms with Crippen molar-refractivity contribution in [2.45, 2.75) is 62.7 Å². The summed E-state index contributed by atoms with van der Waals surface area (Å²) in [5.74, 6) is -4.99. The van der Waals surface area contributed by atoms with E-state index in [9.17, 15) is 29.1 Å². The predicted molar refractivity (Wildman–Crippen MR) is 151 cm³/mol. The number of aromatic amines is 1. The largest absolute Gasteiger partial charge is 0.481 e. The Balaban J connectivity index is 2.23. The second-order valence-corrected chi connectivity index (χ2v) is 9.48. The number of aromatic nitrogens is 2. The minimum absolute atomic E-state index is 0.0162. The quantitative estimate of drug-likeness (QED) is 0.0521. The van der Waals surface area contributed by atoms with Crippen LogP contribution in [0.2, 0.25) is 0 Å². The van der Waals surface area contributed by atoms with Crippen LogP contribution in [0, 0.1) is 0 Å². The lowest BCUT2D eigenvalue weighted by molar-refractivity contribution is -0.143. The van der Waals surface area contributed by atoms with E-state index >= 15 is 0 Å². The van der Waals surface area contributed by atoms with Crippen LogP contribution in [0.1, 0.15) is 36.9 Å². The maximum absolute atomic E-state index is 13.4. The topological polar surface area (TPSA) is 281 Å². The summed E-state index contributed by atoms with van der Waals surface area (Å²) in [4.78, 5) is 72.7. The van der Waals surface area contributed by atoms with Gasteiger partial charge in [0.15, 0.2) is 5.96 Å². The molecular formula is C26H37N9O7. The standard InChI is InChI=1S/C26H37N9O7/c27-17(12-16-13-30-14-32-16)22(38)33-18(7-4-10-31-26(28)29)23(39)35-20(11-15-5-2-1-3-6-15)24(40)34-19(25(41)42)8-9-21(36)37/h1-3,5-6,13-14,17-20H,4,7-12,27H2,(H,30,32)(H,33,38)(H,34,40)(H,35,39)(H,36,37)(H,41,42)(H4,28,29,31). The number of carbonyl (C=O) groups excluding carboxylic acids is 3. The molecule has 4 unspecified atom stereocenters. The minimum atomic E-state index is -1.50. The number of imidazole rings is 1. The molecule has 1 aromatic heterocycles. The van der Waals surface area contributed by atoms with Crippen molar-refractivity contribution in [3.8, 4) is 0 Å². The van der Waals surface area contributed by atoms with Crippen molar-refractivity contribution in [1.29, 1.82) is 0 Å². The molecule has 0 bridgehead atoms. The molecule has 0 spiro atoms. The van der Waals surface area contributed by atoms with Crippen LogP contribution in [0.15, 0.2) is 47.8 Å². The van der Waals surface area contributed by atoms with Crippen LogP contribution < -0.4 is 33.2 Å². The second kappa shape index (κ2) is 17.0. The molecule has 42 heavy (non-hydrogen) atoms. The Bertz CT molecular complexity index is 1220. The Morgan fingerprint density at radius 2 is 1.52 bits per heavy atom. The molecule has 16 nitrogen and oxygen atoms in total. The van der Waals surface area contributed by atoms with Crippen LogP contribution in [0.25, 0.3) is 0 Å². The zero-order valence-electron chi connectivity index (χ0n) is 22.9. The van der Waals surface area contributed by atoms with Gasteiger partial charge < -0.3 is 48.3 Å². The summed E-state index contributed by atoms with van der Waals surface area (Å²) >= 11 is 0. The summed E-state index contributed by atoms with van der Waals surface area (Å²) in [6, 6.07) is 3.72. The zero-order valence-corrected chi connectivity index (χ0v) is 22.9. The van der Waals surface area contributed by atoms with Crippen LogP contribution in [-0.2, 0) is 36.8 Å². The molecule has 228 valence electrons. The van der Waals surface area contributed by atoms with Crippen molar-refractivity contribution >= 4 is 35.6 Å². The number of aliphatic imine (C=N–C) groups is 1. The van der Waals surface area contributed by atoms with Gasteiger partial charge in [-0.25, -0.2) is 9.78 Å². The first-order valence-electron chi connectivity index (χ1n) is 13.1. The number of amides is 3. The maximum atomic E-state index is 13.4. The summed E-state index contributed by atoms with van der Waals surface area (Å²) < 4.78 is 0. The van der Waals surface area contributed by atoms with Crippen molar-refractivity contribution in [1.82, 2.24) is 25.9 Å². The van der Waals surface area contributed by atoms with Crippen molar-refractivity contribution in [3.05, 3.63) is 54.1 Å². The van der Waals surface area contributed by atoms with E-state index in [2.05, 4.69) is 30.9 Å². The third-order valence-electron chi connectivity index (χ3n) is 6.09. The number of guanidine groups is 1.